The van der Waals surface area contributed by atoms with Gasteiger partial charge in [0.15, 0.2) is 11.9 Å². The molecule has 0 amide bonds. The van der Waals surface area contributed by atoms with Gasteiger partial charge in [-0.15, -0.1) is 0 Å². The second-order valence-corrected chi connectivity index (χ2v) is 6.16. The molecular weight excluding hydrogens is 316 g/mol. The highest BCUT2D eigenvalue weighted by atomic mass is 16.1. The topological polar surface area (TPSA) is 95.1 Å². The van der Waals surface area contributed by atoms with Crippen LogP contribution in [0.5, 0.6) is 0 Å². The number of benzene rings is 1. The molecule has 7 nitrogen and oxygen atoms in total. The second-order valence-electron chi connectivity index (χ2n) is 6.16. The maximum absolute atomic E-state index is 11.3. The van der Waals surface area contributed by atoms with Crippen LogP contribution in [0.4, 0.5) is 17.3 Å². The molecule has 1 aliphatic rings. The third kappa shape index (κ3) is 2.90. The van der Waals surface area contributed by atoms with E-state index >= 15 is 0 Å². The molecule has 0 bridgehead atoms. The lowest BCUT2D eigenvalue weighted by Gasteiger charge is -2.13. The summed E-state index contributed by atoms with van der Waals surface area (Å²) in [6.07, 6.45) is 4.53. The smallest absolute Gasteiger partial charge is 0.170 e. The lowest BCUT2D eigenvalue weighted by atomic mass is 10.1. The summed E-state index contributed by atoms with van der Waals surface area (Å²) in [5, 5.41) is 19.9. The number of carbonyl (C=O) groups excluding carboxylic acids is 1. The zero-order valence-corrected chi connectivity index (χ0v) is 13.7. The monoisotopic (exact) mass is 332 g/mol. The summed E-state index contributed by atoms with van der Waals surface area (Å²) in [4.78, 5) is 15.8. The molecule has 1 fully saturated rings. The van der Waals surface area contributed by atoms with Gasteiger partial charge in [0.25, 0.3) is 0 Å². The van der Waals surface area contributed by atoms with E-state index < -0.39 is 0 Å². The van der Waals surface area contributed by atoms with Gasteiger partial charge in [-0.2, -0.15) is 14.9 Å². The van der Waals surface area contributed by atoms with Gasteiger partial charge in [0.05, 0.1) is 23.4 Å². The number of nitrogens with one attached hydrogen (secondary N) is 2. The normalized spacial score (nSPS) is 13.4. The average Bonchev–Trinajstić information content (AvgIpc) is 3.33. The first-order valence-electron chi connectivity index (χ1n) is 8.06. The maximum atomic E-state index is 11.3. The van der Waals surface area contributed by atoms with Crippen LogP contribution in [0, 0.1) is 18.3 Å². The Morgan fingerprint density at radius 2 is 2.20 bits per heavy atom. The first-order chi connectivity index (χ1) is 12.2. The number of hydrogen-bond acceptors (Lipinski definition) is 6. The molecule has 124 valence electrons. The first kappa shape index (κ1) is 15.1. The van der Waals surface area contributed by atoms with Crippen LogP contribution in [0.2, 0.25) is 0 Å². The second kappa shape index (κ2) is 5.91. The number of anilines is 3. The lowest BCUT2D eigenvalue weighted by Crippen LogP contribution is -2.09. The zero-order chi connectivity index (χ0) is 17.4. The molecule has 4 rings (SSSR count). The van der Waals surface area contributed by atoms with Crippen LogP contribution in [-0.2, 0) is 0 Å². The molecule has 25 heavy (non-hydrogen) atoms. The van der Waals surface area contributed by atoms with Crippen molar-refractivity contribution < 1.29 is 4.79 Å². The molecule has 3 aromatic rings. The summed E-state index contributed by atoms with van der Waals surface area (Å²) < 4.78 is 1.65. The number of aryl methyl sites for hydroxylation is 1. The molecule has 2 aromatic heterocycles. The van der Waals surface area contributed by atoms with Gasteiger partial charge in [-0.1, -0.05) is 0 Å². The van der Waals surface area contributed by atoms with Crippen molar-refractivity contribution in [1.82, 2.24) is 14.6 Å². The predicted octanol–water partition coefficient (Wildman–Crippen LogP) is 3.04. The SMILES string of the molecule is Cc1cc(C#N)ccc1Nc1cc(NC2CC2)n2ncc(C=O)c2n1. The summed E-state index contributed by atoms with van der Waals surface area (Å²) in [6, 6.07) is 9.88. The van der Waals surface area contributed by atoms with E-state index in [9.17, 15) is 4.79 Å². The highest BCUT2D eigenvalue weighted by Crippen LogP contribution is 2.28. The van der Waals surface area contributed by atoms with Crippen molar-refractivity contribution in [2.24, 2.45) is 0 Å². The minimum Gasteiger partial charge on any atom is -0.367 e. The first-order valence-corrected chi connectivity index (χ1v) is 8.06. The number of nitrogens with zero attached hydrogens (tertiary/aromatic N) is 4. The van der Waals surface area contributed by atoms with Crippen molar-refractivity contribution >= 4 is 29.3 Å². The summed E-state index contributed by atoms with van der Waals surface area (Å²) in [7, 11) is 0. The number of fused-ring (bicyclic) bond motifs is 1. The van der Waals surface area contributed by atoms with E-state index in [1.54, 1.807) is 10.6 Å². The number of aldehydes is 1. The van der Waals surface area contributed by atoms with Crippen LogP contribution in [0.3, 0.4) is 0 Å². The summed E-state index contributed by atoms with van der Waals surface area (Å²) >= 11 is 0. The van der Waals surface area contributed by atoms with Crippen LogP contribution >= 0.6 is 0 Å². The van der Waals surface area contributed by atoms with Crippen LogP contribution in [0.25, 0.3) is 5.65 Å². The van der Waals surface area contributed by atoms with Gasteiger partial charge in [-0.05, 0) is 43.5 Å². The van der Waals surface area contributed by atoms with Crippen LogP contribution in [0.1, 0.15) is 34.3 Å². The Balaban J connectivity index is 1.76. The van der Waals surface area contributed by atoms with E-state index in [4.69, 9.17) is 5.26 Å². The fraction of sp³-hybridized carbons (Fsp3) is 0.222. The molecule has 1 aromatic carbocycles. The lowest BCUT2D eigenvalue weighted by molar-refractivity contribution is 0.112. The third-order valence-electron chi connectivity index (χ3n) is 4.17. The van der Waals surface area contributed by atoms with Crippen molar-refractivity contribution in [2.75, 3.05) is 10.6 Å². The summed E-state index contributed by atoms with van der Waals surface area (Å²) in [6.45, 7) is 1.93. The minimum atomic E-state index is 0.443. The van der Waals surface area contributed by atoms with Gasteiger partial charge >= 0.3 is 0 Å². The largest absolute Gasteiger partial charge is 0.367 e. The van der Waals surface area contributed by atoms with Crippen molar-refractivity contribution in [2.45, 2.75) is 25.8 Å². The molecule has 0 spiro atoms. The van der Waals surface area contributed by atoms with E-state index in [0.717, 1.165) is 36.2 Å². The van der Waals surface area contributed by atoms with E-state index in [2.05, 4.69) is 26.8 Å². The van der Waals surface area contributed by atoms with E-state index in [0.29, 0.717) is 28.6 Å². The quantitative estimate of drug-likeness (QED) is 0.697. The van der Waals surface area contributed by atoms with Gasteiger partial charge in [-0.3, -0.25) is 4.79 Å². The van der Waals surface area contributed by atoms with Crippen molar-refractivity contribution in [3.05, 3.63) is 47.2 Å². The molecule has 0 unspecified atom stereocenters. The van der Waals surface area contributed by atoms with Crippen molar-refractivity contribution in [1.29, 1.82) is 5.26 Å². The molecule has 0 atom stereocenters. The molecule has 0 saturated heterocycles. The van der Waals surface area contributed by atoms with Gasteiger partial charge in [-0.25, -0.2) is 4.98 Å². The standard InChI is InChI=1S/C18H16N6O/c1-11-6-12(8-19)2-5-15(11)22-16-7-17(21-14-3-4-14)24-18(23-16)13(10-25)9-20-24/h2,5-7,9-10,14,21H,3-4H2,1H3,(H,22,23). The Labute approximate surface area is 144 Å². The highest BCUT2D eigenvalue weighted by Gasteiger charge is 2.23. The Bertz CT molecular complexity index is 1010. The van der Waals surface area contributed by atoms with Crippen LogP contribution < -0.4 is 10.6 Å². The van der Waals surface area contributed by atoms with E-state index in [1.165, 1.54) is 6.20 Å². The minimum absolute atomic E-state index is 0.443. The fourth-order valence-corrected chi connectivity index (χ4v) is 2.68. The predicted molar refractivity (Wildman–Crippen MR) is 94.2 cm³/mol. The Morgan fingerprint density at radius 1 is 1.36 bits per heavy atom. The molecule has 0 radical (unpaired) electrons. The van der Waals surface area contributed by atoms with Gasteiger partial charge in [0, 0.05) is 17.8 Å². The number of hydrogen-bond donors (Lipinski definition) is 2. The molecule has 2 N–H and O–H groups in total. The fourth-order valence-electron chi connectivity index (χ4n) is 2.68. The van der Waals surface area contributed by atoms with Gasteiger partial charge < -0.3 is 10.6 Å². The third-order valence-corrected chi connectivity index (χ3v) is 4.17. The number of rotatable bonds is 5. The molecule has 1 saturated carbocycles. The average molecular weight is 332 g/mol. The summed E-state index contributed by atoms with van der Waals surface area (Å²) in [5.74, 6) is 1.42. The molecule has 7 heteroatoms. The summed E-state index contributed by atoms with van der Waals surface area (Å²) in [5.41, 5.74) is 3.37. The Hall–Kier alpha value is -3.40. The van der Waals surface area contributed by atoms with E-state index in [1.807, 2.05) is 25.1 Å². The van der Waals surface area contributed by atoms with Crippen LogP contribution in [-0.4, -0.2) is 26.9 Å². The number of aromatic nitrogens is 3. The Kier molecular flexibility index (Phi) is 3.58. The number of carbonyl (C=O) groups is 1. The molecule has 2 heterocycles. The van der Waals surface area contributed by atoms with E-state index in [-0.39, 0.29) is 0 Å². The van der Waals surface area contributed by atoms with Gasteiger partial charge in [0.2, 0.25) is 0 Å². The highest BCUT2D eigenvalue weighted by molar-refractivity contribution is 5.85. The van der Waals surface area contributed by atoms with Crippen molar-refractivity contribution in [3.8, 4) is 6.07 Å². The van der Waals surface area contributed by atoms with Crippen molar-refractivity contribution in [3.63, 3.8) is 0 Å². The molecular formula is C18H16N6O. The zero-order valence-electron chi connectivity index (χ0n) is 13.7. The molecule has 1 aliphatic carbocycles. The van der Waals surface area contributed by atoms with Crippen LogP contribution in [0.15, 0.2) is 30.5 Å². The molecule has 0 aliphatic heterocycles. The number of nitriles is 1. The Morgan fingerprint density at radius 3 is 2.88 bits per heavy atom. The van der Waals surface area contributed by atoms with Gasteiger partial charge in [0.1, 0.15) is 11.6 Å². The maximum Gasteiger partial charge on any atom is 0.170 e.